The van der Waals surface area contributed by atoms with Gasteiger partial charge in [-0.3, -0.25) is 20.4 Å². The summed E-state index contributed by atoms with van der Waals surface area (Å²) in [5.41, 5.74) is 6.43. The van der Waals surface area contributed by atoms with Crippen molar-refractivity contribution in [2.75, 3.05) is 6.61 Å². The summed E-state index contributed by atoms with van der Waals surface area (Å²) < 4.78 is 10.6. The first-order chi connectivity index (χ1) is 17.0. The predicted molar refractivity (Wildman–Crippen MR) is 127 cm³/mol. The number of hydrogen-bond donors (Lipinski definition) is 3. The van der Waals surface area contributed by atoms with Crippen molar-refractivity contribution < 1.29 is 23.9 Å². The van der Waals surface area contributed by atoms with E-state index in [0.717, 1.165) is 11.1 Å². The zero-order valence-corrected chi connectivity index (χ0v) is 18.8. The fourth-order valence-corrected chi connectivity index (χ4v) is 3.05. The van der Waals surface area contributed by atoms with E-state index in [1.54, 1.807) is 24.3 Å². The highest BCUT2D eigenvalue weighted by atomic mass is 16.5. The summed E-state index contributed by atoms with van der Waals surface area (Å²) in [5, 5.41) is 11.6. The Balaban J connectivity index is 1.54. The van der Waals surface area contributed by atoms with Crippen molar-refractivity contribution in [1.29, 1.82) is 5.26 Å². The van der Waals surface area contributed by atoms with Gasteiger partial charge in [0.1, 0.15) is 24.5 Å². The third-order valence-electron chi connectivity index (χ3n) is 4.80. The molecule has 3 aromatic rings. The Morgan fingerprint density at radius 2 is 1.46 bits per heavy atom. The minimum Gasteiger partial charge on any atom is -0.482 e. The molecule has 0 unspecified atom stereocenters. The molecule has 0 aromatic heterocycles. The molecule has 178 valence electrons. The lowest BCUT2D eigenvalue weighted by Crippen LogP contribution is -2.54. The number of ether oxygens (including phenoxy) is 2. The Morgan fingerprint density at radius 1 is 0.829 bits per heavy atom. The average Bonchev–Trinajstić information content (AvgIpc) is 2.90. The second-order valence-electron chi connectivity index (χ2n) is 7.38. The molecule has 3 rings (SSSR count). The molecule has 3 amide bonds. The van der Waals surface area contributed by atoms with Crippen molar-refractivity contribution in [2.24, 2.45) is 0 Å². The Morgan fingerprint density at radius 3 is 2.14 bits per heavy atom. The van der Waals surface area contributed by atoms with E-state index in [2.05, 4.69) is 16.2 Å². The molecule has 9 heteroatoms. The second-order valence-corrected chi connectivity index (χ2v) is 7.38. The normalized spacial score (nSPS) is 10.8. The maximum absolute atomic E-state index is 12.8. The number of carbonyl (C=O) groups excluding carboxylic acids is 3. The van der Waals surface area contributed by atoms with Gasteiger partial charge in [0.05, 0.1) is 5.56 Å². The van der Waals surface area contributed by atoms with Gasteiger partial charge < -0.3 is 14.8 Å². The molecule has 0 aliphatic rings. The molecular weight excluding hydrogens is 448 g/mol. The largest absolute Gasteiger partial charge is 0.482 e. The fourth-order valence-electron chi connectivity index (χ4n) is 3.05. The summed E-state index contributed by atoms with van der Waals surface area (Å²) in [5.74, 6) is -1.03. The highest BCUT2D eigenvalue weighted by Crippen LogP contribution is 2.16. The molecular formula is C26H24N4O5. The number of nitrogens with zero attached hydrogens (tertiary/aromatic N) is 1. The van der Waals surface area contributed by atoms with Gasteiger partial charge in [0.15, 0.2) is 6.61 Å². The van der Waals surface area contributed by atoms with Gasteiger partial charge in [0.2, 0.25) is 0 Å². The van der Waals surface area contributed by atoms with Crippen LogP contribution in [0, 0.1) is 11.3 Å². The fraction of sp³-hybridized carbons (Fsp3) is 0.154. The number of para-hydroxylation sites is 1. The first-order valence-electron chi connectivity index (χ1n) is 10.8. The highest BCUT2D eigenvalue weighted by molar-refractivity contribution is 5.88. The zero-order chi connectivity index (χ0) is 24.9. The molecule has 0 aliphatic heterocycles. The number of nitriles is 1. The average molecular weight is 473 g/mol. The molecule has 0 saturated carbocycles. The Hall–Kier alpha value is -4.84. The number of hydrogen-bond acceptors (Lipinski definition) is 6. The summed E-state index contributed by atoms with van der Waals surface area (Å²) in [7, 11) is 0. The molecule has 35 heavy (non-hydrogen) atoms. The number of carbonyl (C=O) groups is 3. The number of benzene rings is 3. The molecule has 0 heterocycles. The van der Waals surface area contributed by atoms with Gasteiger partial charge in [-0.05, 0) is 23.3 Å². The lowest BCUT2D eigenvalue weighted by Gasteiger charge is -2.19. The van der Waals surface area contributed by atoms with Crippen LogP contribution in [0.25, 0.3) is 0 Å². The van der Waals surface area contributed by atoms with Gasteiger partial charge in [-0.1, -0.05) is 72.8 Å². The maximum Gasteiger partial charge on any atom is 0.408 e. The Labute approximate surface area is 202 Å². The summed E-state index contributed by atoms with van der Waals surface area (Å²) in [6.45, 7) is -0.376. The standard InChI is InChI=1S/C26H24N4O5/c27-16-21-13-7-8-14-23(21)34-18-24(31)29-30-25(32)22(15-19-9-3-1-4-10-19)28-26(33)35-17-20-11-5-2-6-12-20/h1-14,22H,15,17-18H2,(H,28,33)(H,29,31)(H,30,32)/t22-/m0/s1. The number of amides is 3. The third-order valence-corrected chi connectivity index (χ3v) is 4.80. The van der Waals surface area contributed by atoms with Crippen molar-refractivity contribution >= 4 is 17.9 Å². The van der Waals surface area contributed by atoms with Crippen LogP contribution in [-0.4, -0.2) is 30.6 Å². The topological polar surface area (TPSA) is 130 Å². The maximum atomic E-state index is 12.8. The monoisotopic (exact) mass is 472 g/mol. The van der Waals surface area contributed by atoms with Crippen molar-refractivity contribution in [3.05, 3.63) is 102 Å². The lowest BCUT2D eigenvalue weighted by atomic mass is 10.1. The van der Waals surface area contributed by atoms with Gasteiger partial charge in [0.25, 0.3) is 11.8 Å². The number of alkyl carbamates (subject to hydrolysis) is 1. The molecule has 0 radical (unpaired) electrons. The van der Waals surface area contributed by atoms with Crippen molar-refractivity contribution in [1.82, 2.24) is 16.2 Å². The third kappa shape index (κ3) is 8.22. The first-order valence-corrected chi connectivity index (χ1v) is 10.8. The second kappa shape index (κ2) is 13.0. The van der Waals surface area contributed by atoms with Crippen LogP contribution in [0.5, 0.6) is 5.75 Å². The van der Waals surface area contributed by atoms with Crippen molar-refractivity contribution in [2.45, 2.75) is 19.1 Å². The molecule has 1 atom stereocenters. The molecule has 0 spiro atoms. The highest BCUT2D eigenvalue weighted by Gasteiger charge is 2.22. The molecule has 3 aromatic carbocycles. The smallest absolute Gasteiger partial charge is 0.408 e. The molecule has 3 N–H and O–H groups in total. The van der Waals surface area contributed by atoms with Gasteiger partial charge in [-0.15, -0.1) is 0 Å². The van der Waals surface area contributed by atoms with Crippen LogP contribution < -0.4 is 20.9 Å². The Kier molecular flexibility index (Phi) is 9.22. The van der Waals surface area contributed by atoms with E-state index in [0.29, 0.717) is 0 Å². The van der Waals surface area contributed by atoms with Crippen LogP contribution in [0.15, 0.2) is 84.9 Å². The van der Waals surface area contributed by atoms with Crippen LogP contribution in [0.2, 0.25) is 0 Å². The van der Waals surface area contributed by atoms with E-state index in [-0.39, 0.29) is 24.3 Å². The van der Waals surface area contributed by atoms with E-state index in [1.165, 1.54) is 0 Å². The van der Waals surface area contributed by atoms with Crippen LogP contribution in [0.3, 0.4) is 0 Å². The SMILES string of the molecule is N#Cc1ccccc1OCC(=O)NNC(=O)[C@H](Cc1ccccc1)NC(=O)OCc1ccccc1. The molecule has 0 bridgehead atoms. The van der Waals surface area contributed by atoms with Crippen LogP contribution in [0.4, 0.5) is 4.79 Å². The quantitative estimate of drug-likeness (QED) is 0.411. The number of hydrazine groups is 1. The van der Waals surface area contributed by atoms with E-state index >= 15 is 0 Å². The predicted octanol–water partition coefficient (Wildman–Crippen LogP) is 2.62. The van der Waals surface area contributed by atoms with Gasteiger partial charge in [0, 0.05) is 6.42 Å². The minimum atomic E-state index is -1.01. The summed E-state index contributed by atoms with van der Waals surface area (Å²) in [6.07, 6.45) is -0.595. The van der Waals surface area contributed by atoms with Crippen LogP contribution in [-0.2, 0) is 27.4 Å². The summed E-state index contributed by atoms with van der Waals surface area (Å²) in [6, 6.07) is 25.7. The van der Waals surface area contributed by atoms with Gasteiger partial charge in [-0.2, -0.15) is 5.26 Å². The summed E-state index contributed by atoms with van der Waals surface area (Å²) >= 11 is 0. The molecule has 0 aliphatic carbocycles. The van der Waals surface area contributed by atoms with Gasteiger partial charge >= 0.3 is 6.09 Å². The van der Waals surface area contributed by atoms with E-state index in [4.69, 9.17) is 14.7 Å². The minimum absolute atomic E-state index is 0.0462. The van der Waals surface area contributed by atoms with Gasteiger partial charge in [-0.25, -0.2) is 4.79 Å². The number of nitrogens with one attached hydrogen (secondary N) is 3. The summed E-state index contributed by atoms with van der Waals surface area (Å²) in [4.78, 5) is 37.2. The molecule has 0 fully saturated rings. The molecule has 0 saturated heterocycles. The van der Waals surface area contributed by atoms with Crippen LogP contribution in [0.1, 0.15) is 16.7 Å². The Bertz CT molecular complexity index is 1180. The zero-order valence-electron chi connectivity index (χ0n) is 18.8. The van der Waals surface area contributed by atoms with Crippen molar-refractivity contribution in [3.63, 3.8) is 0 Å². The van der Waals surface area contributed by atoms with E-state index in [1.807, 2.05) is 66.7 Å². The van der Waals surface area contributed by atoms with Crippen LogP contribution >= 0.6 is 0 Å². The molecule has 9 nitrogen and oxygen atoms in total. The van der Waals surface area contributed by atoms with E-state index in [9.17, 15) is 14.4 Å². The van der Waals surface area contributed by atoms with E-state index < -0.39 is 30.6 Å². The van der Waals surface area contributed by atoms with Crippen molar-refractivity contribution in [3.8, 4) is 11.8 Å². The number of rotatable bonds is 9. The first kappa shape index (κ1) is 24.8. The lowest BCUT2D eigenvalue weighted by molar-refractivity contribution is -0.130.